The summed E-state index contributed by atoms with van der Waals surface area (Å²) in [6, 6.07) is 4.03. The second-order valence-corrected chi connectivity index (χ2v) is 6.04. The van der Waals surface area contributed by atoms with Gasteiger partial charge in [0.1, 0.15) is 0 Å². The number of aromatic nitrogens is 3. The summed E-state index contributed by atoms with van der Waals surface area (Å²) in [5, 5.41) is 7.32. The van der Waals surface area contributed by atoms with Gasteiger partial charge in [0, 0.05) is 50.7 Å². The van der Waals surface area contributed by atoms with E-state index in [1.165, 1.54) is 5.56 Å². The molecule has 2 aliphatic heterocycles. The molecule has 0 aliphatic carbocycles. The number of nitrogens with zero attached hydrogens (tertiary/aromatic N) is 4. The van der Waals surface area contributed by atoms with Crippen LogP contribution in [0.3, 0.4) is 0 Å². The summed E-state index contributed by atoms with van der Waals surface area (Å²) < 4.78 is 0. The van der Waals surface area contributed by atoms with Crippen molar-refractivity contribution in [1.82, 2.24) is 25.0 Å². The lowest BCUT2D eigenvalue weighted by Crippen LogP contribution is -2.29. The van der Waals surface area contributed by atoms with Crippen molar-refractivity contribution < 1.29 is 4.79 Å². The van der Waals surface area contributed by atoms with E-state index in [1.807, 2.05) is 17.2 Å². The van der Waals surface area contributed by atoms with E-state index in [2.05, 4.69) is 26.1 Å². The van der Waals surface area contributed by atoms with Crippen LogP contribution in [0.2, 0.25) is 0 Å². The van der Waals surface area contributed by atoms with Crippen LogP contribution in [0.5, 0.6) is 0 Å². The monoisotopic (exact) mass is 297 g/mol. The predicted octanol–water partition coefficient (Wildman–Crippen LogP) is 1.56. The van der Waals surface area contributed by atoms with E-state index >= 15 is 0 Å². The van der Waals surface area contributed by atoms with E-state index in [1.54, 1.807) is 6.20 Å². The van der Waals surface area contributed by atoms with E-state index in [9.17, 15) is 4.79 Å². The number of rotatable bonds is 3. The second-order valence-electron chi connectivity index (χ2n) is 6.04. The number of pyridine rings is 1. The van der Waals surface area contributed by atoms with Gasteiger partial charge in [-0.1, -0.05) is 6.07 Å². The number of fused-ring (bicyclic) bond motifs is 1. The quantitative estimate of drug-likeness (QED) is 0.933. The first-order valence-electron chi connectivity index (χ1n) is 7.78. The highest BCUT2D eigenvalue weighted by Crippen LogP contribution is 2.26. The molecular weight excluding hydrogens is 278 g/mol. The summed E-state index contributed by atoms with van der Waals surface area (Å²) in [6.45, 7) is 4.15. The third-order valence-electron chi connectivity index (χ3n) is 4.44. The Labute approximate surface area is 129 Å². The number of hydrogen-bond donors (Lipinski definition) is 1. The molecule has 0 aromatic carbocycles. The molecule has 0 atom stereocenters. The molecule has 6 nitrogen and oxygen atoms in total. The van der Waals surface area contributed by atoms with Crippen molar-refractivity contribution in [2.24, 2.45) is 0 Å². The summed E-state index contributed by atoms with van der Waals surface area (Å²) >= 11 is 0. The minimum Gasteiger partial charge on any atom is -0.337 e. The fraction of sp³-hybridized carbons (Fsp3) is 0.438. The highest BCUT2D eigenvalue weighted by atomic mass is 16.2. The molecule has 0 unspecified atom stereocenters. The predicted molar refractivity (Wildman–Crippen MR) is 80.9 cm³/mol. The number of likely N-dealkylation sites (tertiary alicyclic amines) is 1. The average Bonchev–Trinajstić information content (AvgIpc) is 3.24. The molecule has 0 bridgehead atoms. The van der Waals surface area contributed by atoms with Gasteiger partial charge in [0.15, 0.2) is 5.69 Å². The molecule has 1 saturated heterocycles. The number of nitrogens with one attached hydrogen (secondary N) is 1. The number of amides is 1. The third kappa shape index (κ3) is 2.39. The van der Waals surface area contributed by atoms with Crippen molar-refractivity contribution in [3.05, 3.63) is 47.0 Å². The molecule has 2 aromatic rings. The van der Waals surface area contributed by atoms with Crippen molar-refractivity contribution in [2.45, 2.75) is 32.5 Å². The summed E-state index contributed by atoms with van der Waals surface area (Å²) in [5.74, 6) is 0.0817. The first kappa shape index (κ1) is 13.5. The Morgan fingerprint density at radius 1 is 1.27 bits per heavy atom. The molecular formula is C16H19N5O. The zero-order valence-electron chi connectivity index (χ0n) is 12.5. The van der Waals surface area contributed by atoms with E-state index < -0.39 is 0 Å². The molecule has 1 fully saturated rings. The Balaban J connectivity index is 1.49. The molecule has 2 aromatic heterocycles. The van der Waals surface area contributed by atoms with Crippen molar-refractivity contribution in [3.63, 3.8) is 0 Å². The van der Waals surface area contributed by atoms with E-state index in [0.717, 1.165) is 56.8 Å². The van der Waals surface area contributed by atoms with Gasteiger partial charge in [0.25, 0.3) is 5.91 Å². The summed E-state index contributed by atoms with van der Waals surface area (Å²) in [6.07, 6.45) is 5.88. The van der Waals surface area contributed by atoms with Crippen molar-refractivity contribution in [2.75, 3.05) is 13.1 Å². The van der Waals surface area contributed by atoms with Gasteiger partial charge in [-0.15, -0.1) is 0 Å². The molecule has 4 heterocycles. The van der Waals surface area contributed by atoms with Crippen molar-refractivity contribution >= 4 is 5.91 Å². The van der Waals surface area contributed by atoms with Crippen LogP contribution in [0.25, 0.3) is 0 Å². The zero-order valence-corrected chi connectivity index (χ0v) is 12.5. The molecule has 2 aliphatic rings. The molecule has 0 saturated carbocycles. The molecule has 22 heavy (non-hydrogen) atoms. The van der Waals surface area contributed by atoms with Gasteiger partial charge in [0.05, 0.1) is 5.69 Å². The van der Waals surface area contributed by atoms with Gasteiger partial charge in [-0.05, 0) is 24.5 Å². The van der Waals surface area contributed by atoms with Crippen LogP contribution >= 0.6 is 0 Å². The van der Waals surface area contributed by atoms with Crippen molar-refractivity contribution in [3.8, 4) is 0 Å². The van der Waals surface area contributed by atoms with E-state index in [4.69, 9.17) is 0 Å². The van der Waals surface area contributed by atoms with Gasteiger partial charge in [-0.3, -0.25) is 19.8 Å². The summed E-state index contributed by atoms with van der Waals surface area (Å²) in [4.78, 5) is 20.9. The van der Waals surface area contributed by atoms with Crippen molar-refractivity contribution in [1.29, 1.82) is 0 Å². The lowest BCUT2D eigenvalue weighted by atomic mass is 10.2. The Kier molecular flexibility index (Phi) is 3.38. The Bertz CT molecular complexity index is 675. The normalized spacial score (nSPS) is 17.9. The number of aromatic amines is 1. The molecule has 0 radical (unpaired) electrons. The number of hydrogen-bond acceptors (Lipinski definition) is 4. The molecule has 0 spiro atoms. The summed E-state index contributed by atoms with van der Waals surface area (Å²) in [7, 11) is 0. The van der Waals surface area contributed by atoms with Crippen LogP contribution < -0.4 is 0 Å². The maximum absolute atomic E-state index is 12.5. The molecule has 114 valence electrons. The van der Waals surface area contributed by atoms with Gasteiger partial charge < -0.3 is 4.90 Å². The van der Waals surface area contributed by atoms with Crippen LogP contribution in [0.4, 0.5) is 0 Å². The van der Waals surface area contributed by atoms with Gasteiger partial charge in [0.2, 0.25) is 0 Å². The molecule has 4 rings (SSSR count). The topological polar surface area (TPSA) is 65.1 Å². The Hall–Kier alpha value is -2.21. The maximum Gasteiger partial charge on any atom is 0.274 e. The fourth-order valence-electron chi connectivity index (χ4n) is 3.31. The van der Waals surface area contributed by atoms with Crippen LogP contribution in [-0.4, -0.2) is 44.0 Å². The van der Waals surface area contributed by atoms with Crippen LogP contribution in [0.15, 0.2) is 24.5 Å². The smallest absolute Gasteiger partial charge is 0.274 e. The lowest BCUT2D eigenvalue weighted by Gasteiger charge is -2.16. The third-order valence-corrected chi connectivity index (χ3v) is 4.44. The van der Waals surface area contributed by atoms with Crippen LogP contribution in [-0.2, 0) is 19.6 Å². The molecule has 1 N–H and O–H groups in total. The molecule has 6 heteroatoms. The maximum atomic E-state index is 12.5. The van der Waals surface area contributed by atoms with E-state index in [-0.39, 0.29) is 5.91 Å². The SMILES string of the molecule is O=C(c1n[nH]c2c1CN(Cc1cccnc1)C2)N1CCCC1. The largest absolute Gasteiger partial charge is 0.337 e. The van der Waals surface area contributed by atoms with Gasteiger partial charge in [-0.25, -0.2) is 0 Å². The highest BCUT2D eigenvalue weighted by molar-refractivity contribution is 5.94. The van der Waals surface area contributed by atoms with Gasteiger partial charge in [-0.2, -0.15) is 5.10 Å². The Morgan fingerprint density at radius 2 is 2.14 bits per heavy atom. The lowest BCUT2D eigenvalue weighted by molar-refractivity contribution is 0.0785. The minimum atomic E-state index is 0.0817. The zero-order chi connectivity index (χ0) is 14.9. The number of H-pyrrole nitrogens is 1. The second kappa shape index (κ2) is 5.53. The number of carbonyl (C=O) groups is 1. The first-order chi connectivity index (χ1) is 10.8. The molecule has 1 amide bonds. The fourth-order valence-corrected chi connectivity index (χ4v) is 3.31. The Morgan fingerprint density at radius 3 is 2.91 bits per heavy atom. The van der Waals surface area contributed by atoms with Gasteiger partial charge >= 0.3 is 0 Å². The summed E-state index contributed by atoms with van der Waals surface area (Å²) in [5.41, 5.74) is 3.95. The minimum absolute atomic E-state index is 0.0817. The van der Waals surface area contributed by atoms with E-state index in [0.29, 0.717) is 5.69 Å². The standard InChI is InChI=1S/C16H19N5O/c22-16(21-6-1-2-7-21)15-13-10-20(11-14(13)18-19-15)9-12-4-3-5-17-8-12/h3-5,8H,1-2,6-7,9-11H2,(H,18,19). The highest BCUT2D eigenvalue weighted by Gasteiger charge is 2.30. The van der Waals surface area contributed by atoms with Crippen LogP contribution in [0.1, 0.15) is 40.2 Å². The first-order valence-corrected chi connectivity index (χ1v) is 7.78. The number of carbonyl (C=O) groups excluding carboxylic acids is 1. The average molecular weight is 297 g/mol. The van der Waals surface area contributed by atoms with Crippen LogP contribution in [0, 0.1) is 0 Å².